The summed E-state index contributed by atoms with van der Waals surface area (Å²) in [6.45, 7) is 4.18. The van der Waals surface area contributed by atoms with Gasteiger partial charge in [0.2, 0.25) is 5.56 Å². The number of piperidine rings is 3. The fourth-order valence-electron chi connectivity index (χ4n) is 9.34. The van der Waals surface area contributed by atoms with Gasteiger partial charge in [-0.05, 0) is 114 Å². The number of hydrogen-bond acceptors (Lipinski definition) is 11. The second kappa shape index (κ2) is 23.3. The van der Waals surface area contributed by atoms with E-state index in [1.807, 2.05) is 109 Å². The number of aliphatic hydroxyl groups excluding tert-OH is 1. The van der Waals surface area contributed by atoms with Gasteiger partial charge in [-0.15, -0.1) is 0 Å². The molecule has 3 atom stereocenters. The number of aromatic amines is 1. The van der Waals surface area contributed by atoms with E-state index >= 15 is 0 Å². The van der Waals surface area contributed by atoms with E-state index in [-0.39, 0.29) is 61.8 Å². The number of fused-ring (bicyclic) bond motifs is 4. The number of aliphatic hydroxyl groups is 1. The van der Waals surface area contributed by atoms with Gasteiger partial charge in [-0.3, -0.25) is 9.69 Å². The lowest BCUT2D eigenvalue weighted by Crippen LogP contribution is -2.52. The minimum atomic E-state index is -0.904. The summed E-state index contributed by atoms with van der Waals surface area (Å²) >= 11 is 0. The van der Waals surface area contributed by atoms with E-state index in [9.17, 15) is 29.4 Å². The van der Waals surface area contributed by atoms with Crippen molar-refractivity contribution in [3.05, 3.63) is 207 Å². The number of hydrogen-bond donors (Lipinski definition) is 6. The lowest BCUT2D eigenvalue weighted by Gasteiger charge is -2.43. The number of urea groups is 1. The van der Waals surface area contributed by atoms with Gasteiger partial charge >= 0.3 is 18.1 Å². The van der Waals surface area contributed by atoms with E-state index in [2.05, 4.69) is 25.8 Å². The minimum Gasteiger partial charge on any atom is -0.506 e. The van der Waals surface area contributed by atoms with Crippen molar-refractivity contribution in [1.29, 1.82) is 0 Å². The summed E-state index contributed by atoms with van der Waals surface area (Å²) in [6.07, 6.45) is 0.654. The molecule has 3 saturated heterocycles. The molecule has 0 radical (unpaired) electrons. The molecule has 0 saturated carbocycles. The van der Waals surface area contributed by atoms with Crippen LogP contribution in [-0.4, -0.2) is 88.5 Å². The molecule has 15 heteroatoms. The van der Waals surface area contributed by atoms with Gasteiger partial charge in [-0.2, -0.15) is 0 Å². The molecule has 1 aromatic heterocycles. The van der Waals surface area contributed by atoms with Crippen molar-refractivity contribution in [2.75, 3.05) is 44.6 Å². The Morgan fingerprint density at radius 3 is 2.24 bits per heavy atom. The molecule has 2 unspecified atom stereocenters. The van der Waals surface area contributed by atoms with Gasteiger partial charge in [0.1, 0.15) is 30.8 Å². The highest BCUT2D eigenvalue weighted by molar-refractivity contribution is 5.90. The van der Waals surface area contributed by atoms with Crippen molar-refractivity contribution < 1.29 is 38.8 Å². The zero-order valence-electron chi connectivity index (χ0n) is 39.7. The van der Waals surface area contributed by atoms with Gasteiger partial charge in [0, 0.05) is 43.3 Å². The number of nitrogens with zero attached hydrogens (tertiary/aromatic N) is 2. The number of phenols is 1. The van der Waals surface area contributed by atoms with Gasteiger partial charge in [0.15, 0.2) is 0 Å². The number of aromatic nitrogens is 1. The molecular weight excluding hydrogens is 913 g/mol. The van der Waals surface area contributed by atoms with Crippen LogP contribution in [0.2, 0.25) is 0 Å². The highest BCUT2D eigenvalue weighted by atomic mass is 16.6. The smallest absolute Gasteiger partial charge is 0.408 e. The summed E-state index contributed by atoms with van der Waals surface area (Å²) in [6, 6.07) is 46.5. The van der Waals surface area contributed by atoms with Crippen molar-refractivity contribution in [2.24, 2.45) is 5.92 Å². The maximum Gasteiger partial charge on any atom is 0.408 e. The number of anilines is 1. The Balaban J connectivity index is 0.751. The molecule has 6 N–H and O–H groups in total. The number of esters is 1. The van der Waals surface area contributed by atoms with Crippen molar-refractivity contribution >= 4 is 34.7 Å². The summed E-state index contributed by atoms with van der Waals surface area (Å²) in [5.74, 6) is 0.425. The quantitative estimate of drug-likeness (QED) is 0.0426. The number of amides is 3. The molecule has 3 amide bonds. The Kier molecular flexibility index (Phi) is 15.9. The molecule has 10 rings (SSSR count). The third-order valence-electron chi connectivity index (χ3n) is 13.3. The molecule has 3 aliphatic rings. The number of rotatable bonds is 19. The number of ether oxygens (including phenoxy) is 3. The van der Waals surface area contributed by atoms with Crippen LogP contribution in [0.25, 0.3) is 10.9 Å². The third-order valence-corrected chi connectivity index (χ3v) is 13.3. The normalized spacial score (nSPS) is 16.8. The fraction of sp³-hybridized carbons (Fsp3) is 0.263. The first-order valence-electron chi connectivity index (χ1n) is 24.3. The van der Waals surface area contributed by atoms with Crippen LogP contribution in [0.3, 0.4) is 0 Å². The van der Waals surface area contributed by atoms with E-state index in [4.69, 9.17) is 14.2 Å². The van der Waals surface area contributed by atoms with Crippen LogP contribution < -0.4 is 26.2 Å². The molecular formula is C57H58N6O9. The number of aromatic hydroxyl groups is 1. The van der Waals surface area contributed by atoms with Crippen LogP contribution in [0.5, 0.6) is 11.5 Å². The Labute approximate surface area is 417 Å². The second-order valence-electron chi connectivity index (χ2n) is 18.2. The number of carbonyl (C=O) groups excluding carboxylic acids is 3. The number of benzene rings is 6. The average molecular weight is 971 g/mol. The van der Waals surface area contributed by atoms with Gasteiger partial charge < -0.3 is 50.3 Å². The first-order valence-corrected chi connectivity index (χ1v) is 24.3. The van der Waals surface area contributed by atoms with Gasteiger partial charge in [0.25, 0.3) is 0 Å². The van der Waals surface area contributed by atoms with Crippen LogP contribution in [0.4, 0.5) is 15.3 Å². The Hall–Kier alpha value is -7.98. The molecule has 4 heterocycles. The zero-order valence-corrected chi connectivity index (χ0v) is 39.7. The number of pyridine rings is 1. The van der Waals surface area contributed by atoms with Crippen LogP contribution in [-0.2, 0) is 29.2 Å². The van der Waals surface area contributed by atoms with Crippen LogP contribution in [0, 0.1) is 5.92 Å². The maximum atomic E-state index is 13.7. The number of H-pyrrole nitrogens is 1. The lowest BCUT2D eigenvalue weighted by atomic mass is 9.86. The van der Waals surface area contributed by atoms with Gasteiger partial charge in [-0.25, -0.2) is 14.4 Å². The fourth-order valence-corrected chi connectivity index (χ4v) is 9.34. The van der Waals surface area contributed by atoms with Crippen molar-refractivity contribution in [1.82, 2.24) is 25.4 Å². The Morgan fingerprint density at radius 1 is 0.778 bits per heavy atom. The molecule has 6 aromatic carbocycles. The lowest BCUT2D eigenvalue weighted by molar-refractivity contribution is -0.0336. The van der Waals surface area contributed by atoms with Crippen molar-refractivity contribution in [3.8, 4) is 11.5 Å². The van der Waals surface area contributed by atoms with Crippen LogP contribution >= 0.6 is 0 Å². The molecule has 3 aliphatic heterocycles. The maximum absolute atomic E-state index is 13.7. The molecule has 3 fully saturated rings. The number of nitrogens with one attached hydrogen (secondary N) is 4. The highest BCUT2D eigenvalue weighted by Crippen LogP contribution is 2.32. The summed E-state index contributed by atoms with van der Waals surface area (Å²) in [5, 5.41) is 31.0. The van der Waals surface area contributed by atoms with Crippen LogP contribution in [0.1, 0.15) is 68.7 Å². The molecule has 2 bridgehead atoms. The topological polar surface area (TPSA) is 195 Å². The van der Waals surface area contributed by atoms with Gasteiger partial charge in [-0.1, -0.05) is 103 Å². The van der Waals surface area contributed by atoms with Gasteiger partial charge in [0.05, 0.1) is 29.8 Å². The number of carbonyl (C=O) groups is 3. The Bertz CT molecular complexity index is 3000. The predicted molar refractivity (Wildman–Crippen MR) is 274 cm³/mol. The summed E-state index contributed by atoms with van der Waals surface area (Å²) in [5.41, 5.74) is 5.86. The van der Waals surface area contributed by atoms with E-state index in [1.165, 1.54) is 12.1 Å². The first kappa shape index (κ1) is 49.0. The summed E-state index contributed by atoms with van der Waals surface area (Å²) < 4.78 is 17.9. The molecule has 7 aromatic rings. The molecule has 72 heavy (non-hydrogen) atoms. The Morgan fingerprint density at radius 2 is 1.50 bits per heavy atom. The molecule has 0 spiro atoms. The number of alkyl carbamates (subject to hydrolysis) is 1. The van der Waals surface area contributed by atoms with Crippen LogP contribution in [0.15, 0.2) is 163 Å². The first-order chi connectivity index (χ1) is 35.1. The predicted octanol–water partition coefficient (Wildman–Crippen LogP) is 8.44. The van der Waals surface area contributed by atoms with Crippen molar-refractivity contribution in [2.45, 2.75) is 50.8 Å². The molecule has 370 valence electrons. The summed E-state index contributed by atoms with van der Waals surface area (Å²) in [7, 11) is 0. The monoisotopic (exact) mass is 970 g/mol. The third kappa shape index (κ3) is 12.7. The largest absolute Gasteiger partial charge is 0.506 e. The number of phenolic OH excluding ortho intramolecular Hbond substituents is 1. The SMILES string of the molecule is O=C(NC(c1ccccc1)c1cccc(OCc2ccc(C(=O)OCCN(Cc3ccccc3)C(=O)Nc3ccc(CNCC(O)c4ccc(O)c5[nH]c(=O)ccc45)cc3)cc2)c1)O[C@H]1CN2CCC1CC2. The standard InChI is InChI=1S/C57H58N6O9/c64-49-24-22-47(48-23-25-52(66)60-54(48)49)50(65)34-58-33-38-16-20-45(21-17-38)59-56(68)63(35-39-8-3-1-4-9-39)30-31-70-55(67)43-18-14-40(15-19-43)37-71-46-13-7-12-44(32-46)53(42-10-5-2-6-11-42)61-57(69)72-51-36-62-28-26-41(51)27-29-62/h1-25,32,41,50-51,53,58,64-65H,26-31,33-37H2,(H,59,68)(H,60,66)(H,61,69)/t50?,51-,53?/m0/s1. The van der Waals surface area contributed by atoms with Crippen molar-refractivity contribution in [3.63, 3.8) is 0 Å². The highest BCUT2D eigenvalue weighted by Gasteiger charge is 2.37. The molecule has 0 aliphatic carbocycles. The second-order valence-corrected chi connectivity index (χ2v) is 18.2. The molecule has 15 nitrogen and oxygen atoms in total. The van der Waals surface area contributed by atoms with E-state index in [1.54, 1.807) is 41.3 Å². The van der Waals surface area contributed by atoms with E-state index in [0.29, 0.717) is 40.4 Å². The zero-order chi connectivity index (χ0) is 49.8. The minimum absolute atomic E-state index is 0.0368. The average Bonchev–Trinajstić information content (AvgIpc) is 3.41. The summed E-state index contributed by atoms with van der Waals surface area (Å²) in [4.78, 5) is 58.5. The van der Waals surface area contributed by atoms with E-state index in [0.717, 1.165) is 60.3 Å². The van der Waals surface area contributed by atoms with E-state index < -0.39 is 24.2 Å².